The van der Waals surface area contributed by atoms with Crippen molar-refractivity contribution < 1.29 is 19.4 Å². The second-order valence-corrected chi connectivity index (χ2v) is 5.86. The van der Waals surface area contributed by atoms with Crippen molar-refractivity contribution in [2.24, 2.45) is 0 Å². The number of benzene rings is 2. The van der Waals surface area contributed by atoms with Gasteiger partial charge in [-0.15, -0.1) is 0 Å². The van der Waals surface area contributed by atoms with Gasteiger partial charge in [0, 0.05) is 0 Å². The molecule has 0 fully saturated rings. The molecule has 1 aliphatic carbocycles. The monoisotopic (exact) mass is 325 g/mol. The fourth-order valence-electron chi connectivity index (χ4n) is 3.10. The summed E-state index contributed by atoms with van der Waals surface area (Å²) in [4.78, 5) is 23.5. The quantitative estimate of drug-likeness (QED) is 0.900. The van der Waals surface area contributed by atoms with E-state index in [1.54, 1.807) is 0 Å². The molecule has 5 nitrogen and oxygen atoms in total. The molecule has 0 saturated carbocycles. The molecule has 3 rings (SSSR count). The Morgan fingerprint density at radius 2 is 1.67 bits per heavy atom. The molecule has 0 radical (unpaired) electrons. The van der Waals surface area contributed by atoms with Crippen LogP contribution in [0.15, 0.2) is 54.6 Å². The Balaban J connectivity index is 1.66. The summed E-state index contributed by atoms with van der Waals surface area (Å²) in [6.07, 6.45) is 0.581. The molecule has 0 aliphatic heterocycles. The van der Waals surface area contributed by atoms with Crippen LogP contribution in [-0.4, -0.2) is 17.2 Å². The fraction of sp³-hybridized carbons (Fsp3) is 0.263. The van der Waals surface area contributed by atoms with Crippen molar-refractivity contribution in [3.8, 4) is 0 Å². The van der Waals surface area contributed by atoms with Gasteiger partial charge < -0.3 is 15.2 Å². The highest BCUT2D eigenvalue weighted by Crippen LogP contribution is 2.37. The summed E-state index contributed by atoms with van der Waals surface area (Å²) in [5, 5.41) is 12.2. The number of carboxylic acid groups (broad SMARTS) is 1. The van der Waals surface area contributed by atoms with Gasteiger partial charge in [0.25, 0.3) is 0 Å². The molecule has 0 aromatic heterocycles. The first-order valence-electron chi connectivity index (χ1n) is 7.94. The van der Waals surface area contributed by atoms with Crippen LogP contribution in [0.2, 0.25) is 0 Å². The predicted octanol–water partition coefficient (Wildman–Crippen LogP) is 3.62. The van der Waals surface area contributed by atoms with Crippen LogP contribution in [0.1, 0.15) is 41.5 Å². The Labute approximate surface area is 140 Å². The maximum atomic E-state index is 12.1. The van der Waals surface area contributed by atoms with Crippen molar-refractivity contribution in [2.75, 3.05) is 0 Å². The van der Waals surface area contributed by atoms with E-state index in [1.807, 2.05) is 54.6 Å². The zero-order valence-corrected chi connectivity index (χ0v) is 13.1. The lowest BCUT2D eigenvalue weighted by atomic mass is 9.80. The van der Waals surface area contributed by atoms with E-state index in [0.29, 0.717) is 12.8 Å². The largest absolute Gasteiger partial charge is 0.481 e. The van der Waals surface area contributed by atoms with Gasteiger partial charge in [-0.05, 0) is 29.5 Å². The normalized spacial score (nSPS) is 19.2. The topological polar surface area (TPSA) is 75.6 Å². The number of alkyl carbamates (subject to hydrolysis) is 1. The van der Waals surface area contributed by atoms with Crippen LogP contribution in [0.5, 0.6) is 0 Å². The molecule has 2 aromatic rings. The molecule has 2 aromatic carbocycles. The van der Waals surface area contributed by atoms with Gasteiger partial charge in [0.1, 0.15) is 6.61 Å². The highest BCUT2D eigenvalue weighted by Gasteiger charge is 2.32. The lowest BCUT2D eigenvalue weighted by Crippen LogP contribution is -2.33. The summed E-state index contributed by atoms with van der Waals surface area (Å²) in [5.74, 6) is -1.34. The highest BCUT2D eigenvalue weighted by atomic mass is 16.5. The van der Waals surface area contributed by atoms with E-state index >= 15 is 0 Å². The average molecular weight is 325 g/mol. The zero-order valence-electron chi connectivity index (χ0n) is 13.1. The first kappa shape index (κ1) is 16.1. The number of hydrogen-bond acceptors (Lipinski definition) is 3. The van der Waals surface area contributed by atoms with Crippen LogP contribution in [0, 0.1) is 0 Å². The van der Waals surface area contributed by atoms with Crippen LogP contribution in [0.4, 0.5) is 4.79 Å². The average Bonchev–Trinajstić information content (AvgIpc) is 2.61. The number of hydrogen-bond donors (Lipinski definition) is 2. The molecule has 5 heteroatoms. The second kappa shape index (κ2) is 7.17. The van der Waals surface area contributed by atoms with Crippen LogP contribution in [0.3, 0.4) is 0 Å². The van der Waals surface area contributed by atoms with Gasteiger partial charge in [0.15, 0.2) is 0 Å². The van der Waals surface area contributed by atoms with Crippen molar-refractivity contribution in [3.05, 3.63) is 71.3 Å². The number of ether oxygens (including phenoxy) is 1. The third-order valence-corrected chi connectivity index (χ3v) is 4.29. The smallest absolute Gasteiger partial charge is 0.407 e. The van der Waals surface area contributed by atoms with Gasteiger partial charge in [-0.25, -0.2) is 4.79 Å². The number of fused-ring (bicyclic) bond motifs is 1. The number of rotatable bonds is 4. The van der Waals surface area contributed by atoms with E-state index in [1.165, 1.54) is 0 Å². The summed E-state index contributed by atoms with van der Waals surface area (Å²) in [7, 11) is 0. The van der Waals surface area contributed by atoms with E-state index < -0.39 is 18.0 Å². The molecule has 0 bridgehead atoms. The Bertz CT molecular complexity index is 729. The lowest BCUT2D eigenvalue weighted by Gasteiger charge is -2.29. The van der Waals surface area contributed by atoms with E-state index in [0.717, 1.165) is 16.7 Å². The molecule has 0 spiro atoms. The third-order valence-electron chi connectivity index (χ3n) is 4.29. The Morgan fingerprint density at radius 3 is 2.38 bits per heavy atom. The lowest BCUT2D eigenvalue weighted by molar-refractivity contribution is -0.139. The molecule has 1 amide bonds. The second-order valence-electron chi connectivity index (χ2n) is 5.86. The zero-order chi connectivity index (χ0) is 16.9. The van der Waals surface area contributed by atoms with Crippen LogP contribution >= 0.6 is 0 Å². The van der Waals surface area contributed by atoms with Crippen molar-refractivity contribution in [3.63, 3.8) is 0 Å². The van der Waals surface area contributed by atoms with Crippen molar-refractivity contribution in [2.45, 2.75) is 31.4 Å². The summed E-state index contributed by atoms with van der Waals surface area (Å²) >= 11 is 0. The van der Waals surface area contributed by atoms with Gasteiger partial charge in [-0.3, -0.25) is 4.79 Å². The van der Waals surface area contributed by atoms with Gasteiger partial charge in [-0.1, -0.05) is 54.6 Å². The minimum Gasteiger partial charge on any atom is -0.481 e. The highest BCUT2D eigenvalue weighted by molar-refractivity contribution is 5.77. The SMILES string of the molecule is O=C(NC1CCC(C(=O)O)c2ccccc21)OCc1ccccc1. The minimum atomic E-state index is -0.826. The molecule has 124 valence electrons. The van der Waals surface area contributed by atoms with Crippen LogP contribution < -0.4 is 5.32 Å². The summed E-state index contributed by atoms with van der Waals surface area (Å²) in [6, 6.07) is 16.6. The number of amides is 1. The number of carboxylic acids is 1. The minimum absolute atomic E-state index is 0.207. The predicted molar refractivity (Wildman–Crippen MR) is 88.6 cm³/mol. The van der Waals surface area contributed by atoms with E-state index in [4.69, 9.17) is 4.74 Å². The number of aliphatic carboxylic acids is 1. The molecule has 2 unspecified atom stereocenters. The van der Waals surface area contributed by atoms with Crippen LogP contribution in [0.25, 0.3) is 0 Å². The Kier molecular flexibility index (Phi) is 4.79. The number of carbonyl (C=O) groups is 2. The first-order chi connectivity index (χ1) is 11.6. The fourth-order valence-corrected chi connectivity index (χ4v) is 3.10. The molecular formula is C19H19NO4. The van der Waals surface area contributed by atoms with Crippen molar-refractivity contribution >= 4 is 12.1 Å². The standard InChI is InChI=1S/C19H19NO4/c21-18(22)16-10-11-17(15-9-5-4-8-14(15)16)20-19(23)24-12-13-6-2-1-3-7-13/h1-9,16-17H,10-12H2,(H,20,23)(H,21,22). The molecule has 1 aliphatic rings. The number of carbonyl (C=O) groups excluding carboxylic acids is 1. The Morgan fingerprint density at radius 1 is 1.00 bits per heavy atom. The van der Waals surface area contributed by atoms with Crippen molar-refractivity contribution in [1.29, 1.82) is 0 Å². The van der Waals surface area contributed by atoms with E-state index in [2.05, 4.69) is 5.32 Å². The molecule has 0 saturated heterocycles. The molecule has 0 heterocycles. The molecule has 24 heavy (non-hydrogen) atoms. The number of nitrogens with one attached hydrogen (secondary N) is 1. The van der Waals surface area contributed by atoms with E-state index in [-0.39, 0.29) is 12.6 Å². The van der Waals surface area contributed by atoms with Gasteiger partial charge in [0.05, 0.1) is 12.0 Å². The van der Waals surface area contributed by atoms with E-state index in [9.17, 15) is 14.7 Å². The van der Waals surface area contributed by atoms with Gasteiger partial charge in [-0.2, -0.15) is 0 Å². The molecular weight excluding hydrogens is 306 g/mol. The maximum absolute atomic E-state index is 12.1. The molecule has 2 N–H and O–H groups in total. The van der Waals surface area contributed by atoms with Gasteiger partial charge >= 0.3 is 12.1 Å². The van der Waals surface area contributed by atoms with Crippen molar-refractivity contribution in [1.82, 2.24) is 5.32 Å². The first-order valence-corrected chi connectivity index (χ1v) is 7.94. The third kappa shape index (κ3) is 3.56. The van der Waals surface area contributed by atoms with Crippen LogP contribution in [-0.2, 0) is 16.1 Å². The summed E-state index contributed by atoms with van der Waals surface area (Å²) in [6.45, 7) is 0.207. The molecule has 2 atom stereocenters. The Hall–Kier alpha value is -2.82. The van der Waals surface area contributed by atoms with Gasteiger partial charge in [0.2, 0.25) is 0 Å². The maximum Gasteiger partial charge on any atom is 0.407 e. The summed E-state index contributed by atoms with van der Waals surface area (Å²) < 4.78 is 5.25. The summed E-state index contributed by atoms with van der Waals surface area (Å²) in [5.41, 5.74) is 2.54.